The highest BCUT2D eigenvalue weighted by molar-refractivity contribution is 5.81. The molecule has 0 spiro atoms. The van der Waals surface area contributed by atoms with Gasteiger partial charge in [0.2, 0.25) is 0 Å². The molecule has 5 nitrogen and oxygen atoms in total. The van der Waals surface area contributed by atoms with Crippen LogP contribution in [0.1, 0.15) is 5.69 Å². The van der Waals surface area contributed by atoms with E-state index in [4.69, 9.17) is 4.74 Å². The number of benzene rings is 1. The number of hydrogen-bond donors (Lipinski definition) is 1. The molecule has 0 bridgehead atoms. The van der Waals surface area contributed by atoms with Crippen molar-refractivity contribution in [2.24, 2.45) is 18.9 Å². The predicted octanol–water partition coefficient (Wildman–Crippen LogP) is 1.69. The summed E-state index contributed by atoms with van der Waals surface area (Å²) in [5, 5.41) is 10.8. The quantitative estimate of drug-likeness (QED) is 0.880. The molecule has 2 atom stereocenters. The summed E-state index contributed by atoms with van der Waals surface area (Å²) in [7, 11) is 2.04. The van der Waals surface area contributed by atoms with Gasteiger partial charge in [-0.05, 0) is 36.1 Å². The number of morpholine rings is 1. The maximum Gasteiger partial charge on any atom is 0.123 e. The minimum Gasteiger partial charge on any atom is -0.396 e. The summed E-state index contributed by atoms with van der Waals surface area (Å²) in [6.07, 6.45) is 0. The van der Waals surface area contributed by atoms with E-state index in [1.807, 2.05) is 13.1 Å². The first-order chi connectivity index (χ1) is 12.6. The van der Waals surface area contributed by atoms with Crippen molar-refractivity contribution < 1.29 is 14.2 Å². The summed E-state index contributed by atoms with van der Waals surface area (Å²) in [6.45, 7) is 7.63. The fourth-order valence-corrected chi connectivity index (χ4v) is 4.45. The number of fused-ring (bicyclic) bond motifs is 1. The fraction of sp³-hybridized carbons (Fsp3) is 0.600. The van der Waals surface area contributed by atoms with Crippen molar-refractivity contribution in [2.45, 2.75) is 6.54 Å². The molecule has 0 saturated carbocycles. The highest BCUT2D eigenvalue weighted by atomic mass is 19.1. The Morgan fingerprint density at radius 1 is 1.12 bits per heavy atom. The Hall–Kier alpha value is -1.47. The molecule has 0 aliphatic carbocycles. The SMILES string of the molecule is Cn1c(CN2C[C@@H](CN3CCOCC3)[C@@H](CO)C2)cc2cc(F)ccc21. The molecule has 1 aromatic carbocycles. The zero-order valence-corrected chi connectivity index (χ0v) is 15.4. The molecular weight excluding hydrogens is 333 g/mol. The van der Waals surface area contributed by atoms with E-state index in [1.165, 1.54) is 11.8 Å². The van der Waals surface area contributed by atoms with E-state index in [0.29, 0.717) is 11.8 Å². The van der Waals surface area contributed by atoms with Gasteiger partial charge in [-0.15, -0.1) is 0 Å². The molecule has 0 radical (unpaired) electrons. The van der Waals surface area contributed by atoms with Crippen molar-refractivity contribution in [3.8, 4) is 0 Å². The molecule has 0 unspecified atom stereocenters. The molecule has 2 aliphatic rings. The van der Waals surface area contributed by atoms with Crippen molar-refractivity contribution in [1.29, 1.82) is 0 Å². The number of likely N-dealkylation sites (tertiary alicyclic amines) is 1. The number of aryl methyl sites for hydroxylation is 1. The van der Waals surface area contributed by atoms with Crippen LogP contribution in [0.4, 0.5) is 4.39 Å². The summed E-state index contributed by atoms with van der Waals surface area (Å²) in [5.41, 5.74) is 2.25. The summed E-state index contributed by atoms with van der Waals surface area (Å²) >= 11 is 0. The zero-order valence-electron chi connectivity index (χ0n) is 15.4. The van der Waals surface area contributed by atoms with E-state index >= 15 is 0 Å². The molecule has 0 amide bonds. The van der Waals surface area contributed by atoms with Crippen LogP contribution in [0.15, 0.2) is 24.3 Å². The Bertz CT molecular complexity index is 757. The van der Waals surface area contributed by atoms with Crippen molar-refractivity contribution in [1.82, 2.24) is 14.4 Å². The lowest BCUT2D eigenvalue weighted by atomic mass is 9.96. The Labute approximate surface area is 153 Å². The van der Waals surface area contributed by atoms with Crippen LogP contribution in [-0.4, -0.2) is 72.0 Å². The highest BCUT2D eigenvalue weighted by Gasteiger charge is 2.34. The second kappa shape index (κ2) is 7.64. The lowest BCUT2D eigenvalue weighted by molar-refractivity contribution is 0.0264. The standard InChI is InChI=1S/C20H28FN3O2/c1-22-19(9-15-8-18(21)2-3-20(15)22)13-24-11-16(17(12-24)14-25)10-23-4-6-26-7-5-23/h2-3,8-9,16-17,25H,4-7,10-14H2,1H3/t16-,17-/m1/s1. The van der Waals surface area contributed by atoms with Crippen LogP contribution in [0.5, 0.6) is 0 Å². The van der Waals surface area contributed by atoms with E-state index in [9.17, 15) is 9.50 Å². The van der Waals surface area contributed by atoms with Crippen molar-refractivity contribution in [2.75, 3.05) is 52.5 Å². The van der Waals surface area contributed by atoms with Gasteiger partial charge < -0.3 is 14.4 Å². The molecule has 2 fully saturated rings. The van der Waals surface area contributed by atoms with E-state index in [0.717, 1.165) is 63.4 Å². The topological polar surface area (TPSA) is 40.9 Å². The smallest absolute Gasteiger partial charge is 0.123 e. The van der Waals surface area contributed by atoms with Crippen LogP contribution in [0.25, 0.3) is 10.9 Å². The number of rotatable bonds is 5. The zero-order chi connectivity index (χ0) is 18.1. The van der Waals surface area contributed by atoms with Crippen LogP contribution in [0.3, 0.4) is 0 Å². The molecule has 6 heteroatoms. The molecule has 2 aliphatic heterocycles. The average molecular weight is 361 g/mol. The monoisotopic (exact) mass is 361 g/mol. The molecule has 3 heterocycles. The molecule has 1 N–H and O–H groups in total. The van der Waals surface area contributed by atoms with Crippen molar-refractivity contribution in [3.63, 3.8) is 0 Å². The molecule has 2 saturated heterocycles. The average Bonchev–Trinajstić information content (AvgIpc) is 3.16. The van der Waals surface area contributed by atoms with Gasteiger partial charge in [0.25, 0.3) is 0 Å². The Balaban J connectivity index is 1.44. The summed E-state index contributed by atoms with van der Waals surface area (Å²) < 4.78 is 21.1. The minimum absolute atomic E-state index is 0.193. The van der Waals surface area contributed by atoms with Gasteiger partial charge in [0.05, 0.1) is 13.2 Å². The van der Waals surface area contributed by atoms with Crippen LogP contribution < -0.4 is 0 Å². The molecule has 2 aromatic rings. The van der Waals surface area contributed by atoms with Gasteiger partial charge in [0, 0.05) is 69.5 Å². The summed E-state index contributed by atoms with van der Waals surface area (Å²) in [6, 6.07) is 7.04. The van der Waals surface area contributed by atoms with E-state index in [-0.39, 0.29) is 12.4 Å². The number of hydrogen-bond acceptors (Lipinski definition) is 4. The Kier molecular flexibility index (Phi) is 5.27. The molecular formula is C20H28FN3O2. The predicted molar refractivity (Wildman–Crippen MR) is 99.5 cm³/mol. The van der Waals surface area contributed by atoms with Gasteiger partial charge in [0.1, 0.15) is 5.82 Å². The summed E-state index contributed by atoms with van der Waals surface area (Å²) in [4.78, 5) is 4.89. The van der Waals surface area contributed by atoms with Gasteiger partial charge in [0.15, 0.2) is 0 Å². The molecule has 142 valence electrons. The van der Waals surface area contributed by atoms with Gasteiger partial charge in [-0.3, -0.25) is 9.80 Å². The van der Waals surface area contributed by atoms with Gasteiger partial charge in [-0.1, -0.05) is 0 Å². The minimum atomic E-state index is -0.193. The normalized spacial score (nSPS) is 25.3. The lowest BCUT2D eigenvalue weighted by Crippen LogP contribution is -2.41. The maximum atomic E-state index is 13.5. The number of aliphatic hydroxyl groups excluding tert-OH is 1. The van der Waals surface area contributed by atoms with Crippen LogP contribution in [0.2, 0.25) is 0 Å². The van der Waals surface area contributed by atoms with Gasteiger partial charge in [-0.2, -0.15) is 0 Å². The molecule has 4 rings (SSSR count). The third-order valence-corrected chi connectivity index (χ3v) is 5.97. The molecule has 1 aromatic heterocycles. The second-order valence-corrected chi connectivity index (χ2v) is 7.71. The van der Waals surface area contributed by atoms with E-state index in [1.54, 1.807) is 6.07 Å². The van der Waals surface area contributed by atoms with E-state index in [2.05, 4.69) is 20.4 Å². The second-order valence-electron chi connectivity index (χ2n) is 7.71. The first kappa shape index (κ1) is 17.9. The highest BCUT2D eigenvalue weighted by Crippen LogP contribution is 2.27. The van der Waals surface area contributed by atoms with E-state index < -0.39 is 0 Å². The fourth-order valence-electron chi connectivity index (χ4n) is 4.45. The third kappa shape index (κ3) is 3.64. The third-order valence-electron chi connectivity index (χ3n) is 5.97. The van der Waals surface area contributed by atoms with Crippen molar-refractivity contribution >= 4 is 10.9 Å². The van der Waals surface area contributed by atoms with Gasteiger partial charge in [-0.25, -0.2) is 4.39 Å². The first-order valence-corrected chi connectivity index (χ1v) is 9.51. The van der Waals surface area contributed by atoms with Crippen LogP contribution >= 0.6 is 0 Å². The Morgan fingerprint density at radius 2 is 1.88 bits per heavy atom. The largest absolute Gasteiger partial charge is 0.396 e. The van der Waals surface area contributed by atoms with Crippen molar-refractivity contribution in [3.05, 3.63) is 35.8 Å². The summed E-state index contributed by atoms with van der Waals surface area (Å²) in [5.74, 6) is 0.622. The van der Waals surface area contributed by atoms with Gasteiger partial charge >= 0.3 is 0 Å². The number of nitrogens with zero attached hydrogens (tertiary/aromatic N) is 3. The number of aliphatic hydroxyl groups is 1. The molecule has 26 heavy (non-hydrogen) atoms. The lowest BCUT2D eigenvalue weighted by Gasteiger charge is -2.30. The van der Waals surface area contributed by atoms with Crippen LogP contribution in [-0.2, 0) is 18.3 Å². The number of aromatic nitrogens is 1. The maximum absolute atomic E-state index is 13.5. The van der Waals surface area contributed by atoms with Crippen LogP contribution in [0, 0.1) is 17.7 Å². The first-order valence-electron chi connectivity index (χ1n) is 9.51. The number of halogens is 1. The Morgan fingerprint density at radius 3 is 2.65 bits per heavy atom. The number of ether oxygens (including phenoxy) is 1.